The van der Waals surface area contributed by atoms with Crippen molar-refractivity contribution < 1.29 is 19.2 Å². The summed E-state index contributed by atoms with van der Waals surface area (Å²) in [5.41, 5.74) is 1.45. The Kier molecular flexibility index (Phi) is 15.2. The molecule has 0 aliphatic carbocycles. The smallest absolute Gasteiger partial charge is 0.246 e. The van der Waals surface area contributed by atoms with Gasteiger partial charge in [-0.25, -0.2) is 0 Å². The van der Waals surface area contributed by atoms with Gasteiger partial charge in [0, 0.05) is 18.2 Å². The molecule has 1 aromatic carbocycles. The predicted molar refractivity (Wildman–Crippen MR) is 149 cm³/mol. The quantitative estimate of drug-likeness (QED) is 0.231. The fraction of sp³-hybridized carbons (Fsp3) is 0.655. The summed E-state index contributed by atoms with van der Waals surface area (Å²) in [5.74, 6) is -1.18. The molecule has 208 valence electrons. The number of rotatable bonds is 17. The van der Waals surface area contributed by atoms with Crippen LogP contribution in [0.3, 0.4) is 0 Å². The van der Waals surface area contributed by atoms with Gasteiger partial charge in [0.05, 0.1) is 6.42 Å². The molecule has 0 radical (unpaired) electrons. The lowest BCUT2D eigenvalue weighted by molar-refractivity contribution is -0.133. The first kappa shape index (κ1) is 32.1. The molecular formula is C29H48N4O4. The number of carbonyl (C=O) groups excluding carboxylic acids is 4. The third-order valence-electron chi connectivity index (χ3n) is 6.46. The average Bonchev–Trinajstić information content (AvgIpc) is 2.86. The lowest BCUT2D eigenvalue weighted by Gasteiger charge is -2.26. The molecule has 1 aromatic rings. The van der Waals surface area contributed by atoms with Crippen LogP contribution in [0.25, 0.3) is 0 Å². The van der Waals surface area contributed by atoms with Crippen LogP contribution in [0.4, 0.5) is 5.69 Å². The second-order valence-corrected chi connectivity index (χ2v) is 10.2. The van der Waals surface area contributed by atoms with Crippen molar-refractivity contribution in [3.63, 3.8) is 0 Å². The molecule has 4 amide bonds. The van der Waals surface area contributed by atoms with E-state index in [1.54, 1.807) is 12.1 Å². The van der Waals surface area contributed by atoms with Crippen LogP contribution in [0.1, 0.15) is 92.1 Å². The van der Waals surface area contributed by atoms with Gasteiger partial charge in [0.25, 0.3) is 0 Å². The van der Waals surface area contributed by atoms with Gasteiger partial charge in [-0.2, -0.15) is 0 Å². The van der Waals surface area contributed by atoms with Gasteiger partial charge in [0.15, 0.2) is 0 Å². The van der Waals surface area contributed by atoms with Gasteiger partial charge in [0.1, 0.15) is 12.1 Å². The lowest BCUT2D eigenvalue weighted by atomic mass is 10.0. The van der Waals surface area contributed by atoms with Gasteiger partial charge in [-0.1, -0.05) is 79.4 Å². The number of carbonyl (C=O) groups is 4. The summed E-state index contributed by atoms with van der Waals surface area (Å²) in [4.78, 5) is 50.5. The topological polar surface area (TPSA) is 116 Å². The van der Waals surface area contributed by atoms with Crippen molar-refractivity contribution in [2.75, 3.05) is 11.9 Å². The van der Waals surface area contributed by atoms with Crippen molar-refractivity contribution in [2.24, 2.45) is 11.8 Å². The van der Waals surface area contributed by atoms with Crippen molar-refractivity contribution in [1.29, 1.82) is 0 Å². The molecule has 4 N–H and O–H groups in total. The average molecular weight is 517 g/mol. The van der Waals surface area contributed by atoms with Gasteiger partial charge in [-0.05, 0) is 42.9 Å². The Morgan fingerprint density at radius 2 is 1.46 bits per heavy atom. The SMILES string of the molecule is CCCCCCNC(=O)Cc1ccc(NC(=O)[C@H](CCC)NC(=O)[C@@H](NC(=O)[C@@H](C)CC)C(C)C)cc1. The fourth-order valence-corrected chi connectivity index (χ4v) is 3.80. The van der Waals surface area contributed by atoms with E-state index in [0.29, 0.717) is 31.5 Å². The summed E-state index contributed by atoms with van der Waals surface area (Å²) in [6, 6.07) is 5.71. The van der Waals surface area contributed by atoms with Crippen LogP contribution in [0, 0.1) is 11.8 Å². The Morgan fingerprint density at radius 3 is 2.03 bits per heavy atom. The van der Waals surface area contributed by atoms with E-state index in [9.17, 15) is 19.2 Å². The number of benzene rings is 1. The number of anilines is 1. The maximum atomic E-state index is 13.0. The van der Waals surface area contributed by atoms with E-state index in [1.165, 1.54) is 6.42 Å². The zero-order valence-corrected chi connectivity index (χ0v) is 23.6. The molecule has 0 unspecified atom stereocenters. The first-order chi connectivity index (χ1) is 17.6. The first-order valence-electron chi connectivity index (χ1n) is 13.9. The summed E-state index contributed by atoms with van der Waals surface area (Å²) in [6.07, 6.45) is 6.60. The number of hydrogen-bond acceptors (Lipinski definition) is 4. The normalized spacial score (nSPS) is 13.4. The van der Waals surface area contributed by atoms with E-state index < -0.39 is 12.1 Å². The Bertz CT molecular complexity index is 854. The van der Waals surface area contributed by atoms with E-state index >= 15 is 0 Å². The minimum atomic E-state index is -0.725. The first-order valence-corrected chi connectivity index (χ1v) is 13.9. The third-order valence-corrected chi connectivity index (χ3v) is 6.46. The van der Waals surface area contributed by atoms with Gasteiger partial charge in [-0.3, -0.25) is 19.2 Å². The highest BCUT2D eigenvalue weighted by atomic mass is 16.2. The number of nitrogens with one attached hydrogen (secondary N) is 4. The van der Waals surface area contributed by atoms with E-state index in [4.69, 9.17) is 0 Å². The minimum Gasteiger partial charge on any atom is -0.356 e. The highest BCUT2D eigenvalue weighted by molar-refractivity contribution is 5.98. The molecule has 0 aliphatic heterocycles. The summed E-state index contributed by atoms with van der Waals surface area (Å²) < 4.78 is 0. The predicted octanol–water partition coefficient (Wildman–Crippen LogP) is 4.34. The Morgan fingerprint density at radius 1 is 0.784 bits per heavy atom. The van der Waals surface area contributed by atoms with Gasteiger partial charge in [-0.15, -0.1) is 0 Å². The highest BCUT2D eigenvalue weighted by Gasteiger charge is 2.29. The van der Waals surface area contributed by atoms with E-state index in [2.05, 4.69) is 28.2 Å². The van der Waals surface area contributed by atoms with E-state index in [0.717, 1.165) is 24.8 Å². The molecule has 8 nitrogen and oxygen atoms in total. The third kappa shape index (κ3) is 12.3. The van der Waals surface area contributed by atoms with Crippen molar-refractivity contribution in [3.8, 4) is 0 Å². The van der Waals surface area contributed by atoms with Crippen LogP contribution in [-0.2, 0) is 25.6 Å². The molecule has 0 saturated carbocycles. The largest absolute Gasteiger partial charge is 0.356 e. The molecule has 3 atom stereocenters. The zero-order chi connectivity index (χ0) is 27.8. The van der Waals surface area contributed by atoms with Crippen LogP contribution < -0.4 is 21.3 Å². The van der Waals surface area contributed by atoms with Crippen molar-refractivity contribution in [2.45, 2.75) is 105 Å². The molecule has 0 bridgehead atoms. The number of hydrogen-bond donors (Lipinski definition) is 4. The van der Waals surface area contributed by atoms with Crippen LogP contribution >= 0.6 is 0 Å². The molecule has 0 spiro atoms. The van der Waals surface area contributed by atoms with E-state index in [-0.39, 0.29) is 41.9 Å². The lowest BCUT2D eigenvalue weighted by Crippen LogP contribution is -2.55. The van der Waals surface area contributed by atoms with Crippen LogP contribution in [-0.4, -0.2) is 42.3 Å². The summed E-state index contributed by atoms with van der Waals surface area (Å²) in [7, 11) is 0. The van der Waals surface area contributed by atoms with Gasteiger partial charge >= 0.3 is 0 Å². The molecule has 0 aliphatic rings. The van der Waals surface area contributed by atoms with Crippen LogP contribution in [0.2, 0.25) is 0 Å². The monoisotopic (exact) mass is 516 g/mol. The van der Waals surface area contributed by atoms with Crippen LogP contribution in [0.5, 0.6) is 0 Å². The molecule has 0 heterocycles. The maximum absolute atomic E-state index is 13.0. The molecule has 37 heavy (non-hydrogen) atoms. The van der Waals surface area contributed by atoms with Crippen molar-refractivity contribution in [3.05, 3.63) is 29.8 Å². The molecule has 0 fully saturated rings. The molecule has 1 rings (SSSR count). The van der Waals surface area contributed by atoms with Crippen molar-refractivity contribution >= 4 is 29.3 Å². The second-order valence-electron chi connectivity index (χ2n) is 10.2. The number of amides is 4. The summed E-state index contributed by atoms with van der Waals surface area (Å²) in [5, 5.41) is 11.5. The fourth-order valence-electron chi connectivity index (χ4n) is 3.80. The molecule has 0 saturated heterocycles. The minimum absolute atomic E-state index is 0.0147. The van der Waals surface area contributed by atoms with E-state index in [1.807, 2.05) is 46.8 Å². The second kappa shape index (κ2) is 17.5. The summed E-state index contributed by atoms with van der Waals surface area (Å²) >= 11 is 0. The Balaban J connectivity index is 2.70. The highest BCUT2D eigenvalue weighted by Crippen LogP contribution is 2.13. The Hall–Kier alpha value is -2.90. The zero-order valence-electron chi connectivity index (χ0n) is 23.6. The van der Waals surface area contributed by atoms with Crippen LogP contribution in [0.15, 0.2) is 24.3 Å². The molecular weight excluding hydrogens is 468 g/mol. The number of unbranched alkanes of at least 4 members (excludes halogenated alkanes) is 3. The molecule has 8 heteroatoms. The standard InChI is InChI=1S/C29H48N4O4/c1-7-10-11-12-18-30-25(34)19-22-14-16-23(17-15-22)31-28(36)24(13-8-2)32-29(37)26(20(4)5)33-27(35)21(6)9-3/h14-17,20-21,24,26H,7-13,18-19H2,1-6H3,(H,30,34)(H,31,36)(H,32,37)(H,33,35)/t21-,24-,26-/m0/s1. The summed E-state index contributed by atoms with van der Waals surface area (Å²) in [6.45, 7) is 12.3. The van der Waals surface area contributed by atoms with Crippen molar-refractivity contribution in [1.82, 2.24) is 16.0 Å². The van der Waals surface area contributed by atoms with Gasteiger partial charge < -0.3 is 21.3 Å². The Labute approximate surface area is 223 Å². The molecule has 0 aromatic heterocycles. The van der Waals surface area contributed by atoms with Gasteiger partial charge in [0.2, 0.25) is 23.6 Å². The maximum Gasteiger partial charge on any atom is 0.246 e.